The van der Waals surface area contributed by atoms with Crippen LogP contribution in [-0.2, 0) is 19.6 Å². The average molecular weight is 228 g/mol. The van der Waals surface area contributed by atoms with Crippen LogP contribution in [0.2, 0.25) is 0 Å². The SMILES string of the molecule is Cl.Cl.FCc1n[nH]c2c1CNCC2. The zero-order valence-corrected chi connectivity index (χ0v) is 8.60. The van der Waals surface area contributed by atoms with Crippen molar-refractivity contribution in [3.8, 4) is 0 Å². The molecule has 2 rings (SSSR count). The van der Waals surface area contributed by atoms with E-state index in [2.05, 4.69) is 15.5 Å². The van der Waals surface area contributed by atoms with Crippen molar-refractivity contribution in [1.82, 2.24) is 15.5 Å². The topological polar surface area (TPSA) is 40.7 Å². The zero-order chi connectivity index (χ0) is 7.68. The van der Waals surface area contributed by atoms with Crippen molar-refractivity contribution in [3.63, 3.8) is 0 Å². The number of aromatic nitrogens is 2. The highest BCUT2D eigenvalue weighted by molar-refractivity contribution is 5.85. The first kappa shape index (κ1) is 12.7. The molecule has 0 aromatic carbocycles. The van der Waals surface area contributed by atoms with Gasteiger partial charge in [-0.3, -0.25) is 5.10 Å². The van der Waals surface area contributed by atoms with E-state index >= 15 is 0 Å². The summed E-state index contributed by atoms with van der Waals surface area (Å²) in [4.78, 5) is 0. The van der Waals surface area contributed by atoms with Gasteiger partial charge in [0.2, 0.25) is 0 Å². The first-order valence-corrected chi connectivity index (χ1v) is 3.73. The maximum atomic E-state index is 12.2. The van der Waals surface area contributed by atoms with Crippen LogP contribution in [0.5, 0.6) is 0 Å². The second kappa shape index (κ2) is 5.42. The van der Waals surface area contributed by atoms with Gasteiger partial charge < -0.3 is 5.32 Å². The molecule has 2 N–H and O–H groups in total. The molecule has 0 amide bonds. The van der Waals surface area contributed by atoms with Gasteiger partial charge in [0.15, 0.2) is 0 Å². The Morgan fingerprint density at radius 3 is 2.85 bits per heavy atom. The van der Waals surface area contributed by atoms with E-state index < -0.39 is 6.67 Å². The van der Waals surface area contributed by atoms with Gasteiger partial charge in [-0.15, -0.1) is 24.8 Å². The van der Waals surface area contributed by atoms with Crippen LogP contribution in [0.1, 0.15) is 17.0 Å². The largest absolute Gasteiger partial charge is 0.312 e. The highest BCUT2D eigenvalue weighted by Crippen LogP contribution is 2.15. The first-order valence-electron chi connectivity index (χ1n) is 3.73. The number of nitrogens with one attached hydrogen (secondary N) is 2. The molecule has 0 bridgehead atoms. The van der Waals surface area contributed by atoms with Gasteiger partial charge in [-0.2, -0.15) is 5.10 Å². The summed E-state index contributed by atoms with van der Waals surface area (Å²) in [5.41, 5.74) is 2.68. The summed E-state index contributed by atoms with van der Waals surface area (Å²) in [6, 6.07) is 0. The summed E-state index contributed by atoms with van der Waals surface area (Å²) >= 11 is 0. The molecule has 1 aromatic rings. The molecule has 0 unspecified atom stereocenters. The summed E-state index contributed by atoms with van der Waals surface area (Å²) in [6.45, 7) is 1.25. The third-order valence-electron chi connectivity index (χ3n) is 2.02. The molecule has 3 nitrogen and oxygen atoms in total. The minimum atomic E-state index is -0.465. The molecule has 0 spiro atoms. The summed E-state index contributed by atoms with van der Waals surface area (Å²) < 4.78 is 12.2. The smallest absolute Gasteiger partial charge is 0.134 e. The van der Waals surface area contributed by atoms with E-state index in [9.17, 15) is 4.39 Å². The molecule has 0 fully saturated rings. The van der Waals surface area contributed by atoms with Crippen molar-refractivity contribution < 1.29 is 4.39 Å². The Labute approximate surface area is 88.3 Å². The second-order valence-corrected chi connectivity index (χ2v) is 2.69. The Hall–Kier alpha value is -0.320. The lowest BCUT2D eigenvalue weighted by molar-refractivity contribution is 0.470. The second-order valence-electron chi connectivity index (χ2n) is 2.69. The van der Waals surface area contributed by atoms with Crippen LogP contribution < -0.4 is 5.32 Å². The molecular weight excluding hydrogens is 216 g/mol. The Morgan fingerprint density at radius 1 is 1.38 bits per heavy atom. The Kier molecular flexibility index (Phi) is 5.29. The fourth-order valence-corrected chi connectivity index (χ4v) is 1.40. The molecule has 6 heteroatoms. The van der Waals surface area contributed by atoms with Crippen LogP contribution in [-0.4, -0.2) is 16.7 Å². The molecule has 13 heavy (non-hydrogen) atoms. The van der Waals surface area contributed by atoms with Gasteiger partial charge in [0.25, 0.3) is 0 Å². The number of hydrogen-bond donors (Lipinski definition) is 2. The number of halogens is 3. The lowest BCUT2D eigenvalue weighted by atomic mass is 10.1. The maximum absolute atomic E-state index is 12.2. The van der Waals surface area contributed by atoms with Crippen LogP contribution in [0, 0.1) is 0 Å². The van der Waals surface area contributed by atoms with Gasteiger partial charge in [0, 0.05) is 30.8 Å². The number of nitrogens with zero attached hydrogens (tertiary/aromatic N) is 1. The van der Waals surface area contributed by atoms with Crippen molar-refractivity contribution >= 4 is 24.8 Å². The van der Waals surface area contributed by atoms with Gasteiger partial charge in [-0.1, -0.05) is 0 Å². The van der Waals surface area contributed by atoms with E-state index in [4.69, 9.17) is 0 Å². The van der Waals surface area contributed by atoms with Gasteiger partial charge in [-0.05, 0) is 0 Å². The molecule has 1 aliphatic heterocycles. The average Bonchev–Trinajstić information content (AvgIpc) is 2.47. The van der Waals surface area contributed by atoms with E-state index in [0.717, 1.165) is 30.8 Å². The number of alkyl halides is 1. The first-order chi connectivity index (χ1) is 5.42. The molecule has 2 heterocycles. The summed E-state index contributed by atoms with van der Waals surface area (Å²) in [5.74, 6) is 0. The number of rotatable bonds is 1. The highest BCUT2D eigenvalue weighted by atomic mass is 35.5. The standard InChI is InChI=1S/C7H10FN3.2ClH/c8-3-7-5-4-9-2-1-6(5)10-11-7;;/h9H,1-4H2,(H,10,11);2*1H. The Balaban J connectivity index is 0.000000720. The lowest BCUT2D eigenvalue weighted by Gasteiger charge is -2.11. The van der Waals surface area contributed by atoms with Crippen molar-refractivity contribution in [2.45, 2.75) is 19.6 Å². The minimum absolute atomic E-state index is 0. The van der Waals surface area contributed by atoms with E-state index in [1.54, 1.807) is 0 Å². The Bertz CT molecular complexity index is 251. The van der Waals surface area contributed by atoms with E-state index in [-0.39, 0.29) is 24.8 Å². The number of hydrogen-bond acceptors (Lipinski definition) is 2. The van der Waals surface area contributed by atoms with Crippen LogP contribution in [0.4, 0.5) is 4.39 Å². The van der Waals surface area contributed by atoms with Crippen LogP contribution in [0.3, 0.4) is 0 Å². The van der Waals surface area contributed by atoms with Crippen molar-refractivity contribution in [3.05, 3.63) is 17.0 Å². The molecule has 0 aliphatic carbocycles. The molecule has 1 aliphatic rings. The normalized spacial score (nSPS) is 13.9. The molecule has 76 valence electrons. The fraction of sp³-hybridized carbons (Fsp3) is 0.571. The number of H-pyrrole nitrogens is 1. The molecule has 0 saturated carbocycles. The third kappa shape index (κ3) is 2.33. The summed E-state index contributed by atoms with van der Waals surface area (Å²) in [7, 11) is 0. The molecule has 1 aromatic heterocycles. The van der Waals surface area contributed by atoms with E-state index in [1.807, 2.05) is 0 Å². The summed E-state index contributed by atoms with van der Waals surface area (Å²) in [6.07, 6.45) is 0.933. The van der Waals surface area contributed by atoms with Crippen molar-refractivity contribution in [2.24, 2.45) is 0 Å². The highest BCUT2D eigenvalue weighted by Gasteiger charge is 2.15. The van der Waals surface area contributed by atoms with Crippen LogP contribution >= 0.6 is 24.8 Å². The molecule has 0 saturated heterocycles. The fourth-order valence-electron chi connectivity index (χ4n) is 1.40. The quantitative estimate of drug-likeness (QED) is 0.762. The predicted octanol–water partition coefficient (Wildman–Crippen LogP) is 1.37. The third-order valence-corrected chi connectivity index (χ3v) is 2.02. The predicted molar refractivity (Wildman–Crippen MR) is 53.3 cm³/mol. The van der Waals surface area contributed by atoms with Crippen molar-refractivity contribution in [1.29, 1.82) is 0 Å². The monoisotopic (exact) mass is 227 g/mol. The number of aromatic amines is 1. The maximum Gasteiger partial charge on any atom is 0.134 e. The van der Waals surface area contributed by atoms with Crippen LogP contribution in [0.15, 0.2) is 0 Å². The summed E-state index contributed by atoms with van der Waals surface area (Å²) in [5, 5.41) is 9.90. The van der Waals surface area contributed by atoms with E-state index in [1.165, 1.54) is 0 Å². The van der Waals surface area contributed by atoms with Gasteiger partial charge >= 0.3 is 0 Å². The van der Waals surface area contributed by atoms with Gasteiger partial charge in [0.1, 0.15) is 6.67 Å². The minimum Gasteiger partial charge on any atom is -0.312 e. The molecule has 0 radical (unpaired) electrons. The van der Waals surface area contributed by atoms with Gasteiger partial charge in [0.05, 0.1) is 5.69 Å². The molecule has 0 atom stereocenters. The Morgan fingerprint density at radius 2 is 2.15 bits per heavy atom. The van der Waals surface area contributed by atoms with Crippen LogP contribution in [0.25, 0.3) is 0 Å². The number of fused-ring (bicyclic) bond motifs is 1. The lowest BCUT2D eigenvalue weighted by Crippen LogP contribution is -2.23. The van der Waals surface area contributed by atoms with E-state index in [0.29, 0.717) is 5.69 Å². The molecular formula is C7H12Cl2FN3. The van der Waals surface area contributed by atoms with Crippen molar-refractivity contribution in [2.75, 3.05) is 6.54 Å². The zero-order valence-electron chi connectivity index (χ0n) is 6.97. The van der Waals surface area contributed by atoms with Gasteiger partial charge in [-0.25, -0.2) is 4.39 Å².